The zero-order valence-electron chi connectivity index (χ0n) is 13.7. The summed E-state index contributed by atoms with van der Waals surface area (Å²) in [7, 11) is 1.41. The van der Waals surface area contributed by atoms with Crippen molar-refractivity contribution in [2.24, 2.45) is 0 Å². The summed E-state index contributed by atoms with van der Waals surface area (Å²) in [5, 5.41) is 0. The van der Waals surface area contributed by atoms with Gasteiger partial charge in [0.05, 0.1) is 13.5 Å². The van der Waals surface area contributed by atoms with Crippen molar-refractivity contribution in [3.05, 3.63) is 64.7 Å². The second-order valence-corrected chi connectivity index (χ2v) is 6.31. The first-order valence-electron chi connectivity index (χ1n) is 8.28. The van der Waals surface area contributed by atoms with Crippen LogP contribution in [0, 0.1) is 0 Å². The van der Waals surface area contributed by atoms with E-state index < -0.39 is 5.60 Å². The highest BCUT2D eigenvalue weighted by Crippen LogP contribution is 2.49. The Morgan fingerprint density at radius 3 is 2.88 bits per heavy atom. The summed E-state index contributed by atoms with van der Waals surface area (Å²) >= 11 is 0. The molecule has 1 atom stereocenters. The van der Waals surface area contributed by atoms with Crippen molar-refractivity contribution in [3.8, 4) is 5.75 Å². The van der Waals surface area contributed by atoms with Crippen LogP contribution in [0.15, 0.2) is 42.5 Å². The van der Waals surface area contributed by atoms with Gasteiger partial charge in [-0.3, -0.25) is 4.79 Å². The molecule has 0 N–H and O–H groups in total. The second-order valence-electron chi connectivity index (χ2n) is 6.31. The van der Waals surface area contributed by atoms with Gasteiger partial charge in [-0.25, -0.2) is 0 Å². The van der Waals surface area contributed by atoms with Gasteiger partial charge in [-0.1, -0.05) is 30.3 Å². The van der Waals surface area contributed by atoms with Gasteiger partial charge in [0.15, 0.2) is 0 Å². The molecule has 4 rings (SSSR count). The van der Waals surface area contributed by atoms with E-state index >= 15 is 0 Å². The second kappa shape index (κ2) is 5.95. The lowest BCUT2D eigenvalue weighted by Gasteiger charge is -2.30. The van der Waals surface area contributed by atoms with Crippen LogP contribution in [0.1, 0.15) is 35.1 Å². The molecule has 4 nitrogen and oxygen atoms in total. The zero-order chi connectivity index (χ0) is 16.6. The Kier molecular flexibility index (Phi) is 3.77. The minimum absolute atomic E-state index is 0.244. The monoisotopic (exact) mass is 324 g/mol. The summed E-state index contributed by atoms with van der Waals surface area (Å²) in [4.78, 5) is 11.6. The van der Waals surface area contributed by atoms with Crippen molar-refractivity contribution in [2.75, 3.05) is 13.7 Å². The highest BCUT2D eigenvalue weighted by Gasteiger charge is 2.43. The molecule has 1 unspecified atom stereocenters. The number of rotatable bonds is 2. The third-order valence-electron chi connectivity index (χ3n) is 4.91. The molecule has 2 heterocycles. The zero-order valence-corrected chi connectivity index (χ0v) is 13.7. The number of esters is 1. The first kappa shape index (κ1) is 15.2. The fraction of sp³-hybridized carbons (Fsp3) is 0.350. The first-order chi connectivity index (χ1) is 11.7. The fourth-order valence-corrected chi connectivity index (χ4v) is 3.77. The summed E-state index contributed by atoms with van der Waals surface area (Å²) in [6.07, 6.45) is 2.18. The summed E-state index contributed by atoms with van der Waals surface area (Å²) in [6.45, 7) is 1.26. The predicted molar refractivity (Wildman–Crippen MR) is 88.9 cm³/mol. The predicted octanol–water partition coefficient (Wildman–Crippen LogP) is 3.35. The number of carbonyl (C=O) groups excluding carboxylic acids is 1. The number of benzene rings is 2. The number of ether oxygens (including phenoxy) is 3. The Morgan fingerprint density at radius 1 is 1.21 bits per heavy atom. The molecular weight excluding hydrogens is 304 g/mol. The number of methoxy groups -OCH3 is 1. The average Bonchev–Trinajstić information content (AvgIpc) is 3.06. The summed E-state index contributed by atoms with van der Waals surface area (Å²) < 4.78 is 17.2. The Labute approximate surface area is 141 Å². The number of hydrogen-bond donors (Lipinski definition) is 0. The van der Waals surface area contributed by atoms with Crippen LogP contribution in [0.4, 0.5) is 0 Å². The SMILES string of the molecule is COC(=O)Cc1ccc2c(c1)C1(CCCO1)c1ccccc1CO2. The third-order valence-corrected chi connectivity index (χ3v) is 4.91. The van der Waals surface area contributed by atoms with Gasteiger partial charge in [0.1, 0.15) is 18.0 Å². The highest BCUT2D eigenvalue weighted by atomic mass is 16.5. The van der Waals surface area contributed by atoms with E-state index in [1.165, 1.54) is 12.7 Å². The van der Waals surface area contributed by atoms with Gasteiger partial charge in [-0.05, 0) is 41.7 Å². The van der Waals surface area contributed by atoms with E-state index in [4.69, 9.17) is 14.2 Å². The molecule has 2 aliphatic heterocycles. The molecule has 4 heteroatoms. The molecule has 24 heavy (non-hydrogen) atoms. The largest absolute Gasteiger partial charge is 0.488 e. The highest BCUT2D eigenvalue weighted by molar-refractivity contribution is 5.72. The van der Waals surface area contributed by atoms with Crippen LogP contribution in [0.5, 0.6) is 5.75 Å². The number of carbonyl (C=O) groups is 1. The Bertz CT molecular complexity index is 775. The third kappa shape index (κ3) is 2.38. The topological polar surface area (TPSA) is 44.8 Å². The number of fused-ring (bicyclic) bond motifs is 4. The van der Waals surface area contributed by atoms with Crippen LogP contribution in [0.25, 0.3) is 0 Å². The Hall–Kier alpha value is -2.33. The van der Waals surface area contributed by atoms with Crippen molar-refractivity contribution >= 4 is 5.97 Å². The normalized spacial score (nSPS) is 21.5. The van der Waals surface area contributed by atoms with E-state index in [9.17, 15) is 4.79 Å². The molecule has 1 fully saturated rings. The van der Waals surface area contributed by atoms with Gasteiger partial charge in [0.25, 0.3) is 0 Å². The van der Waals surface area contributed by atoms with Crippen LogP contribution < -0.4 is 4.74 Å². The van der Waals surface area contributed by atoms with Gasteiger partial charge in [0.2, 0.25) is 0 Å². The van der Waals surface area contributed by atoms with Crippen LogP contribution in [-0.4, -0.2) is 19.7 Å². The van der Waals surface area contributed by atoms with Crippen LogP contribution in [0.2, 0.25) is 0 Å². The standard InChI is InChI=1S/C20H20O4/c1-22-19(21)12-14-7-8-18-17(11-14)20(9-4-10-24-20)16-6-3-2-5-15(16)13-23-18/h2-3,5-8,11H,4,9-10,12-13H2,1H3. The molecular formula is C20H20O4. The number of hydrogen-bond acceptors (Lipinski definition) is 4. The molecule has 2 aromatic carbocycles. The van der Waals surface area contributed by atoms with E-state index in [1.54, 1.807) is 0 Å². The maximum Gasteiger partial charge on any atom is 0.309 e. The molecule has 0 amide bonds. The fourth-order valence-electron chi connectivity index (χ4n) is 3.77. The summed E-state index contributed by atoms with van der Waals surface area (Å²) in [6, 6.07) is 14.2. The van der Waals surface area contributed by atoms with Crippen molar-refractivity contribution in [1.82, 2.24) is 0 Å². The summed E-state index contributed by atoms with van der Waals surface area (Å²) in [5.41, 5.74) is 3.79. The molecule has 0 saturated carbocycles. The van der Waals surface area contributed by atoms with E-state index in [0.29, 0.717) is 6.61 Å². The average molecular weight is 324 g/mol. The van der Waals surface area contributed by atoms with E-state index in [1.807, 2.05) is 30.3 Å². The Morgan fingerprint density at radius 2 is 2.08 bits per heavy atom. The van der Waals surface area contributed by atoms with Crippen molar-refractivity contribution in [1.29, 1.82) is 0 Å². The lowest BCUT2D eigenvalue weighted by atomic mass is 9.81. The van der Waals surface area contributed by atoms with Gasteiger partial charge in [0, 0.05) is 12.2 Å². The van der Waals surface area contributed by atoms with Crippen molar-refractivity contribution < 1.29 is 19.0 Å². The van der Waals surface area contributed by atoms with Gasteiger partial charge in [-0.2, -0.15) is 0 Å². The molecule has 0 aliphatic carbocycles. The molecule has 124 valence electrons. The molecule has 2 aliphatic rings. The van der Waals surface area contributed by atoms with Crippen LogP contribution >= 0.6 is 0 Å². The van der Waals surface area contributed by atoms with Crippen LogP contribution in [0.3, 0.4) is 0 Å². The van der Waals surface area contributed by atoms with Crippen molar-refractivity contribution in [3.63, 3.8) is 0 Å². The lowest BCUT2D eigenvalue weighted by molar-refractivity contribution is -0.139. The van der Waals surface area contributed by atoms with Gasteiger partial charge >= 0.3 is 5.97 Å². The molecule has 1 spiro atoms. The quantitative estimate of drug-likeness (QED) is 0.795. The van der Waals surface area contributed by atoms with Crippen LogP contribution in [-0.2, 0) is 32.9 Å². The van der Waals surface area contributed by atoms with Gasteiger partial charge in [-0.15, -0.1) is 0 Å². The maximum absolute atomic E-state index is 11.6. The first-order valence-corrected chi connectivity index (χ1v) is 8.28. The minimum atomic E-state index is -0.478. The molecule has 2 aromatic rings. The molecule has 1 saturated heterocycles. The molecule has 0 radical (unpaired) electrons. The minimum Gasteiger partial charge on any atom is -0.488 e. The maximum atomic E-state index is 11.6. The lowest BCUT2D eigenvalue weighted by Crippen LogP contribution is -2.27. The Balaban J connectivity index is 1.86. The smallest absolute Gasteiger partial charge is 0.309 e. The van der Waals surface area contributed by atoms with E-state index in [2.05, 4.69) is 12.1 Å². The van der Waals surface area contributed by atoms with E-state index in [-0.39, 0.29) is 12.4 Å². The molecule has 0 aromatic heterocycles. The van der Waals surface area contributed by atoms with E-state index in [0.717, 1.165) is 41.9 Å². The van der Waals surface area contributed by atoms with Gasteiger partial charge < -0.3 is 14.2 Å². The van der Waals surface area contributed by atoms with Crippen molar-refractivity contribution in [2.45, 2.75) is 31.5 Å². The summed E-state index contributed by atoms with van der Waals surface area (Å²) in [5.74, 6) is 0.591. The molecule has 0 bridgehead atoms.